The number of carbonyl (C=O) groups excluding carboxylic acids is 1. The fourth-order valence-corrected chi connectivity index (χ4v) is 3.53. The van der Waals surface area contributed by atoms with Gasteiger partial charge in [-0.3, -0.25) is 4.79 Å². The van der Waals surface area contributed by atoms with Gasteiger partial charge in [-0.2, -0.15) is 4.31 Å². The van der Waals surface area contributed by atoms with E-state index in [1.165, 1.54) is 4.31 Å². The van der Waals surface area contributed by atoms with Crippen LogP contribution in [0.3, 0.4) is 0 Å². The maximum atomic E-state index is 12.4. The number of amides is 1. The Morgan fingerprint density at radius 2 is 1.73 bits per heavy atom. The Balaban J connectivity index is 1.97. The fourth-order valence-electron chi connectivity index (χ4n) is 2.44. The summed E-state index contributed by atoms with van der Waals surface area (Å²) >= 11 is 0. The molecule has 22 heavy (non-hydrogen) atoms. The van der Waals surface area contributed by atoms with Crippen LogP contribution in [0, 0.1) is 0 Å². The molecule has 1 aliphatic rings. The van der Waals surface area contributed by atoms with Crippen LogP contribution in [0.15, 0.2) is 24.3 Å². The van der Waals surface area contributed by atoms with E-state index in [4.69, 9.17) is 4.74 Å². The first-order chi connectivity index (χ1) is 10.5. The second-order valence-corrected chi connectivity index (χ2v) is 7.48. The van der Waals surface area contributed by atoms with E-state index in [9.17, 15) is 13.2 Å². The molecule has 1 aromatic rings. The van der Waals surface area contributed by atoms with Gasteiger partial charge in [-0.1, -0.05) is 12.1 Å². The van der Waals surface area contributed by atoms with Crippen molar-refractivity contribution >= 4 is 15.9 Å². The Morgan fingerprint density at radius 3 is 2.23 bits per heavy atom. The number of nitrogens with zero attached hydrogens (tertiary/aromatic N) is 2. The first kappa shape index (κ1) is 16.9. The summed E-state index contributed by atoms with van der Waals surface area (Å²) < 4.78 is 30.1. The lowest BCUT2D eigenvalue weighted by Gasteiger charge is -2.33. The third-order valence-electron chi connectivity index (χ3n) is 3.80. The number of rotatable bonds is 5. The van der Waals surface area contributed by atoms with Gasteiger partial charge in [0.15, 0.2) is 0 Å². The minimum absolute atomic E-state index is 0.0579. The summed E-state index contributed by atoms with van der Waals surface area (Å²) in [5, 5.41) is 0. The van der Waals surface area contributed by atoms with Crippen LogP contribution in [0.25, 0.3) is 0 Å². The summed E-state index contributed by atoms with van der Waals surface area (Å²) in [4.78, 5) is 14.1. The number of hydrogen-bond acceptors (Lipinski definition) is 4. The first-order valence-corrected chi connectivity index (χ1v) is 8.94. The minimum Gasteiger partial charge on any atom is -0.380 e. The van der Waals surface area contributed by atoms with Gasteiger partial charge < -0.3 is 9.64 Å². The van der Waals surface area contributed by atoms with E-state index in [1.54, 1.807) is 31.1 Å². The van der Waals surface area contributed by atoms with E-state index in [0.717, 1.165) is 5.56 Å². The second kappa shape index (κ2) is 7.21. The molecule has 7 heteroatoms. The van der Waals surface area contributed by atoms with Crippen molar-refractivity contribution in [3.05, 3.63) is 35.4 Å². The molecule has 0 aliphatic carbocycles. The molecular formula is C15H22N2O4S. The number of sulfonamides is 1. The molecule has 0 unspecified atom stereocenters. The molecule has 0 bridgehead atoms. The smallest absolute Gasteiger partial charge is 0.253 e. The molecule has 1 fully saturated rings. The van der Waals surface area contributed by atoms with Gasteiger partial charge in [0.2, 0.25) is 10.0 Å². The normalized spacial score (nSPS) is 16.7. The van der Waals surface area contributed by atoms with E-state index >= 15 is 0 Å². The summed E-state index contributed by atoms with van der Waals surface area (Å²) in [5.74, 6) is 0.0413. The van der Waals surface area contributed by atoms with Gasteiger partial charge >= 0.3 is 0 Å². The third kappa shape index (κ3) is 3.85. The minimum atomic E-state index is -3.17. The Morgan fingerprint density at radius 1 is 1.14 bits per heavy atom. The summed E-state index contributed by atoms with van der Waals surface area (Å²) in [7, 11) is -1.54. The standard InChI is InChI=1S/C15H22N2O4S/c1-3-22(19,20)17-10-8-16(9-11-17)15(18)14-6-4-13(5-7-14)12-21-2/h4-7H,3,8-12H2,1-2H3. The number of piperazine rings is 1. The highest BCUT2D eigenvalue weighted by molar-refractivity contribution is 7.89. The van der Waals surface area contributed by atoms with Crippen LogP contribution in [0.5, 0.6) is 0 Å². The van der Waals surface area contributed by atoms with E-state index < -0.39 is 10.0 Å². The Bertz CT molecular complexity index is 605. The molecule has 1 saturated heterocycles. The molecule has 122 valence electrons. The number of methoxy groups -OCH3 is 1. The fraction of sp³-hybridized carbons (Fsp3) is 0.533. The summed E-state index contributed by atoms with van der Waals surface area (Å²) in [6.07, 6.45) is 0. The highest BCUT2D eigenvalue weighted by Crippen LogP contribution is 2.13. The molecule has 2 rings (SSSR count). The van der Waals surface area contributed by atoms with Crippen LogP contribution in [0.4, 0.5) is 0 Å². The average molecular weight is 326 g/mol. The van der Waals surface area contributed by atoms with Gasteiger partial charge in [-0.15, -0.1) is 0 Å². The molecule has 6 nitrogen and oxygen atoms in total. The van der Waals surface area contributed by atoms with E-state index in [0.29, 0.717) is 38.3 Å². The number of carbonyl (C=O) groups is 1. The lowest BCUT2D eigenvalue weighted by Crippen LogP contribution is -2.50. The predicted molar refractivity (Wildman–Crippen MR) is 84.1 cm³/mol. The average Bonchev–Trinajstić information content (AvgIpc) is 2.55. The van der Waals surface area contributed by atoms with Crippen molar-refractivity contribution in [2.45, 2.75) is 13.5 Å². The van der Waals surface area contributed by atoms with Crippen molar-refractivity contribution in [3.8, 4) is 0 Å². The zero-order valence-corrected chi connectivity index (χ0v) is 13.8. The topological polar surface area (TPSA) is 66.9 Å². The zero-order valence-electron chi connectivity index (χ0n) is 13.0. The van der Waals surface area contributed by atoms with Gasteiger partial charge in [0.05, 0.1) is 12.4 Å². The third-order valence-corrected chi connectivity index (χ3v) is 5.68. The molecule has 0 N–H and O–H groups in total. The van der Waals surface area contributed by atoms with Gasteiger partial charge in [0.25, 0.3) is 5.91 Å². The van der Waals surface area contributed by atoms with Crippen molar-refractivity contribution in [3.63, 3.8) is 0 Å². The number of benzene rings is 1. The molecular weight excluding hydrogens is 304 g/mol. The van der Waals surface area contributed by atoms with Gasteiger partial charge in [-0.25, -0.2) is 8.42 Å². The van der Waals surface area contributed by atoms with Crippen molar-refractivity contribution in [1.29, 1.82) is 0 Å². The molecule has 0 radical (unpaired) electrons. The van der Waals surface area contributed by atoms with E-state index in [2.05, 4.69) is 0 Å². The highest BCUT2D eigenvalue weighted by atomic mass is 32.2. The largest absolute Gasteiger partial charge is 0.380 e. The van der Waals surface area contributed by atoms with Crippen LogP contribution >= 0.6 is 0 Å². The molecule has 0 saturated carbocycles. The van der Waals surface area contributed by atoms with Crippen LogP contribution in [-0.4, -0.2) is 62.6 Å². The van der Waals surface area contributed by atoms with Crippen LogP contribution in [0.2, 0.25) is 0 Å². The number of hydrogen-bond donors (Lipinski definition) is 0. The molecule has 1 amide bonds. The second-order valence-electron chi connectivity index (χ2n) is 5.22. The van der Waals surface area contributed by atoms with Gasteiger partial charge in [0.1, 0.15) is 0 Å². The SMILES string of the molecule is CCS(=O)(=O)N1CCN(C(=O)c2ccc(COC)cc2)CC1. The molecule has 0 aromatic heterocycles. The van der Waals surface area contributed by atoms with E-state index in [-0.39, 0.29) is 11.7 Å². The monoisotopic (exact) mass is 326 g/mol. The maximum Gasteiger partial charge on any atom is 0.253 e. The van der Waals surface area contributed by atoms with Crippen LogP contribution < -0.4 is 0 Å². The predicted octanol–water partition coefficient (Wildman–Crippen LogP) is 0.940. The molecule has 0 atom stereocenters. The quantitative estimate of drug-likeness (QED) is 0.808. The first-order valence-electron chi connectivity index (χ1n) is 7.33. The molecule has 1 aliphatic heterocycles. The zero-order chi connectivity index (χ0) is 16.2. The molecule has 1 heterocycles. The summed E-state index contributed by atoms with van der Waals surface area (Å²) in [6.45, 7) is 3.74. The highest BCUT2D eigenvalue weighted by Gasteiger charge is 2.27. The van der Waals surface area contributed by atoms with Crippen molar-refractivity contribution in [1.82, 2.24) is 9.21 Å². The van der Waals surface area contributed by atoms with Crippen molar-refractivity contribution in [2.75, 3.05) is 39.0 Å². The Labute approximate surface area is 131 Å². The van der Waals surface area contributed by atoms with Gasteiger partial charge in [0, 0.05) is 38.9 Å². The Kier molecular flexibility index (Phi) is 5.55. The summed E-state index contributed by atoms with van der Waals surface area (Å²) in [5.41, 5.74) is 1.63. The molecule has 1 aromatic carbocycles. The summed E-state index contributed by atoms with van der Waals surface area (Å²) in [6, 6.07) is 7.31. The van der Waals surface area contributed by atoms with Gasteiger partial charge in [-0.05, 0) is 24.6 Å². The maximum absolute atomic E-state index is 12.4. The van der Waals surface area contributed by atoms with Crippen molar-refractivity contribution in [2.24, 2.45) is 0 Å². The van der Waals surface area contributed by atoms with E-state index in [1.807, 2.05) is 12.1 Å². The Hall–Kier alpha value is -1.44. The lowest BCUT2D eigenvalue weighted by atomic mass is 10.1. The van der Waals surface area contributed by atoms with Crippen LogP contribution in [0.1, 0.15) is 22.8 Å². The lowest BCUT2D eigenvalue weighted by molar-refractivity contribution is 0.0698. The number of ether oxygens (including phenoxy) is 1. The van der Waals surface area contributed by atoms with Crippen molar-refractivity contribution < 1.29 is 17.9 Å². The van der Waals surface area contributed by atoms with Crippen LogP contribution in [-0.2, 0) is 21.4 Å². The molecule has 0 spiro atoms.